The Morgan fingerprint density at radius 2 is 2.27 bits per heavy atom. The quantitative estimate of drug-likeness (QED) is 0.911. The minimum absolute atomic E-state index is 0.0568. The van der Waals surface area contributed by atoms with Crippen LogP contribution in [0.3, 0.4) is 0 Å². The van der Waals surface area contributed by atoms with Gasteiger partial charge in [-0.1, -0.05) is 6.07 Å². The third-order valence-electron chi connectivity index (χ3n) is 2.65. The third kappa shape index (κ3) is 2.95. The SMILES string of the molecule is CC(N)c1ccc(Br)c(OCC2CC2)c1. The summed E-state index contributed by atoms with van der Waals surface area (Å²) in [5.41, 5.74) is 6.94. The zero-order chi connectivity index (χ0) is 10.8. The van der Waals surface area contributed by atoms with Crippen LogP contribution in [0.15, 0.2) is 22.7 Å². The van der Waals surface area contributed by atoms with E-state index in [0.717, 1.165) is 28.3 Å². The van der Waals surface area contributed by atoms with Gasteiger partial charge >= 0.3 is 0 Å². The van der Waals surface area contributed by atoms with Crippen molar-refractivity contribution >= 4 is 15.9 Å². The van der Waals surface area contributed by atoms with E-state index in [1.54, 1.807) is 0 Å². The lowest BCUT2D eigenvalue weighted by atomic mass is 10.1. The fraction of sp³-hybridized carbons (Fsp3) is 0.500. The van der Waals surface area contributed by atoms with E-state index in [-0.39, 0.29) is 6.04 Å². The fourth-order valence-electron chi connectivity index (χ4n) is 1.41. The van der Waals surface area contributed by atoms with Gasteiger partial charge in [-0.3, -0.25) is 0 Å². The molecule has 1 aliphatic carbocycles. The highest BCUT2D eigenvalue weighted by Crippen LogP contribution is 2.32. The van der Waals surface area contributed by atoms with Gasteiger partial charge in [-0.15, -0.1) is 0 Å². The van der Waals surface area contributed by atoms with Crippen LogP contribution in [0.2, 0.25) is 0 Å². The minimum atomic E-state index is 0.0568. The van der Waals surface area contributed by atoms with Crippen molar-refractivity contribution in [2.24, 2.45) is 11.7 Å². The average Bonchev–Trinajstić information content (AvgIpc) is 3.00. The number of rotatable bonds is 4. The largest absolute Gasteiger partial charge is 0.492 e. The Labute approximate surface area is 98.9 Å². The van der Waals surface area contributed by atoms with Crippen LogP contribution in [0.4, 0.5) is 0 Å². The van der Waals surface area contributed by atoms with E-state index in [0.29, 0.717) is 0 Å². The average molecular weight is 270 g/mol. The van der Waals surface area contributed by atoms with Crippen molar-refractivity contribution in [1.29, 1.82) is 0 Å². The third-order valence-corrected chi connectivity index (χ3v) is 3.31. The summed E-state index contributed by atoms with van der Waals surface area (Å²) >= 11 is 3.48. The summed E-state index contributed by atoms with van der Waals surface area (Å²) in [5, 5.41) is 0. The lowest BCUT2D eigenvalue weighted by Gasteiger charge is -2.11. The standard InChI is InChI=1S/C12H16BrNO/c1-8(14)10-4-5-11(13)12(6-10)15-7-9-2-3-9/h4-6,8-9H,2-3,7,14H2,1H3. The highest BCUT2D eigenvalue weighted by atomic mass is 79.9. The van der Waals surface area contributed by atoms with E-state index in [4.69, 9.17) is 10.5 Å². The maximum atomic E-state index is 5.83. The molecule has 0 spiro atoms. The zero-order valence-corrected chi connectivity index (χ0v) is 10.5. The Hall–Kier alpha value is -0.540. The van der Waals surface area contributed by atoms with Gasteiger partial charge < -0.3 is 10.5 Å². The normalized spacial score (nSPS) is 17.5. The van der Waals surface area contributed by atoms with Crippen LogP contribution in [-0.4, -0.2) is 6.61 Å². The van der Waals surface area contributed by atoms with E-state index in [9.17, 15) is 0 Å². The van der Waals surface area contributed by atoms with Crippen molar-refractivity contribution in [2.45, 2.75) is 25.8 Å². The van der Waals surface area contributed by atoms with Gasteiger partial charge in [0, 0.05) is 6.04 Å². The topological polar surface area (TPSA) is 35.2 Å². The van der Waals surface area contributed by atoms with Crippen molar-refractivity contribution in [3.63, 3.8) is 0 Å². The van der Waals surface area contributed by atoms with E-state index in [2.05, 4.69) is 15.9 Å². The zero-order valence-electron chi connectivity index (χ0n) is 8.87. The Bertz CT molecular complexity index is 347. The van der Waals surface area contributed by atoms with Crippen molar-refractivity contribution in [3.05, 3.63) is 28.2 Å². The van der Waals surface area contributed by atoms with Crippen LogP contribution in [0.5, 0.6) is 5.75 Å². The van der Waals surface area contributed by atoms with Gasteiger partial charge in [-0.2, -0.15) is 0 Å². The summed E-state index contributed by atoms with van der Waals surface area (Å²) in [6.45, 7) is 2.81. The predicted octanol–water partition coefficient (Wildman–Crippen LogP) is 3.26. The first kappa shape index (κ1) is 11.0. The minimum Gasteiger partial charge on any atom is -0.492 e. The molecule has 15 heavy (non-hydrogen) atoms. The molecule has 0 aliphatic heterocycles. The fourth-order valence-corrected chi connectivity index (χ4v) is 1.77. The maximum Gasteiger partial charge on any atom is 0.133 e. The molecule has 0 heterocycles. The lowest BCUT2D eigenvalue weighted by Crippen LogP contribution is -2.06. The van der Waals surface area contributed by atoms with Crippen LogP contribution in [0.25, 0.3) is 0 Å². The number of benzene rings is 1. The summed E-state index contributed by atoms with van der Waals surface area (Å²) in [7, 11) is 0. The van der Waals surface area contributed by atoms with E-state index in [1.807, 2.05) is 25.1 Å². The Balaban J connectivity index is 2.08. The van der Waals surface area contributed by atoms with E-state index < -0.39 is 0 Å². The molecule has 0 bridgehead atoms. The van der Waals surface area contributed by atoms with Crippen molar-refractivity contribution in [1.82, 2.24) is 0 Å². The van der Waals surface area contributed by atoms with Crippen LogP contribution in [0.1, 0.15) is 31.4 Å². The lowest BCUT2D eigenvalue weighted by molar-refractivity contribution is 0.297. The Morgan fingerprint density at radius 1 is 1.53 bits per heavy atom. The van der Waals surface area contributed by atoms with Crippen LogP contribution in [-0.2, 0) is 0 Å². The molecule has 1 aromatic rings. The van der Waals surface area contributed by atoms with Crippen LogP contribution in [0, 0.1) is 5.92 Å². The summed E-state index contributed by atoms with van der Waals surface area (Å²) in [4.78, 5) is 0. The molecular weight excluding hydrogens is 254 g/mol. The first-order chi connectivity index (χ1) is 7.16. The number of hydrogen-bond acceptors (Lipinski definition) is 2. The molecule has 82 valence electrons. The molecule has 2 nitrogen and oxygen atoms in total. The molecule has 2 N–H and O–H groups in total. The molecule has 1 atom stereocenters. The van der Waals surface area contributed by atoms with Crippen LogP contribution < -0.4 is 10.5 Å². The molecule has 1 fully saturated rings. The molecule has 1 aliphatic rings. The molecule has 0 radical (unpaired) electrons. The smallest absolute Gasteiger partial charge is 0.133 e. The second-order valence-electron chi connectivity index (χ2n) is 4.23. The summed E-state index contributed by atoms with van der Waals surface area (Å²) in [5.74, 6) is 1.69. The second-order valence-corrected chi connectivity index (χ2v) is 5.09. The van der Waals surface area contributed by atoms with Gasteiger partial charge in [0.15, 0.2) is 0 Å². The molecular formula is C12H16BrNO. The van der Waals surface area contributed by atoms with Gasteiger partial charge in [0.05, 0.1) is 11.1 Å². The number of ether oxygens (including phenoxy) is 1. The van der Waals surface area contributed by atoms with Crippen molar-refractivity contribution < 1.29 is 4.74 Å². The first-order valence-electron chi connectivity index (χ1n) is 5.34. The molecule has 2 rings (SSSR count). The molecule has 1 aromatic carbocycles. The summed E-state index contributed by atoms with van der Waals surface area (Å²) in [6, 6.07) is 6.11. The van der Waals surface area contributed by atoms with Gasteiger partial charge in [0.25, 0.3) is 0 Å². The first-order valence-corrected chi connectivity index (χ1v) is 6.14. The highest BCUT2D eigenvalue weighted by molar-refractivity contribution is 9.10. The van der Waals surface area contributed by atoms with Gasteiger partial charge in [0.1, 0.15) is 5.75 Å². The summed E-state index contributed by atoms with van der Waals surface area (Å²) in [6.07, 6.45) is 2.62. The van der Waals surface area contributed by atoms with Gasteiger partial charge in [0.2, 0.25) is 0 Å². The molecule has 0 amide bonds. The molecule has 0 saturated heterocycles. The van der Waals surface area contributed by atoms with Crippen molar-refractivity contribution in [2.75, 3.05) is 6.61 Å². The summed E-state index contributed by atoms with van der Waals surface area (Å²) < 4.78 is 6.76. The molecule has 3 heteroatoms. The number of halogens is 1. The van der Waals surface area contributed by atoms with E-state index in [1.165, 1.54) is 12.8 Å². The molecule has 1 unspecified atom stereocenters. The number of nitrogens with two attached hydrogens (primary N) is 1. The number of hydrogen-bond donors (Lipinski definition) is 1. The Kier molecular flexibility index (Phi) is 3.32. The van der Waals surface area contributed by atoms with Crippen molar-refractivity contribution in [3.8, 4) is 5.75 Å². The highest BCUT2D eigenvalue weighted by Gasteiger charge is 2.22. The molecule has 0 aromatic heterocycles. The predicted molar refractivity (Wildman–Crippen MR) is 65.0 cm³/mol. The van der Waals surface area contributed by atoms with Crippen LogP contribution >= 0.6 is 15.9 Å². The Morgan fingerprint density at radius 3 is 2.87 bits per heavy atom. The van der Waals surface area contributed by atoms with E-state index >= 15 is 0 Å². The van der Waals surface area contributed by atoms with Gasteiger partial charge in [-0.05, 0) is 59.3 Å². The monoisotopic (exact) mass is 269 g/mol. The maximum absolute atomic E-state index is 5.83. The molecule has 1 saturated carbocycles. The van der Waals surface area contributed by atoms with Gasteiger partial charge in [-0.25, -0.2) is 0 Å². The second kappa shape index (κ2) is 4.54.